The average molecular weight is 540 g/mol. The molecule has 200 valence electrons. The smallest absolute Gasteiger partial charge is 0.411 e. The van der Waals surface area contributed by atoms with Gasteiger partial charge in [-0.2, -0.15) is 0 Å². The molecular weight excluding hydrogens is 514 g/mol. The SMILES string of the molecule is O=C1[C@H](N2C(=O)OCC2c2ccccc2)[C@@H](C=Cc2cccnc2)N1c1nc(-c2ccccc2)nc2ccccc12. The molecule has 0 saturated carbocycles. The maximum Gasteiger partial charge on any atom is 0.411 e. The van der Waals surface area contributed by atoms with Gasteiger partial charge in [0.1, 0.15) is 18.5 Å². The van der Waals surface area contributed by atoms with Gasteiger partial charge in [-0.25, -0.2) is 14.8 Å². The molecule has 8 heteroatoms. The van der Waals surface area contributed by atoms with Gasteiger partial charge < -0.3 is 4.74 Å². The second-order valence-electron chi connectivity index (χ2n) is 9.95. The van der Waals surface area contributed by atoms with Gasteiger partial charge in [0.15, 0.2) is 5.82 Å². The van der Waals surface area contributed by atoms with E-state index in [9.17, 15) is 9.59 Å². The quantitative estimate of drug-likeness (QED) is 0.258. The lowest BCUT2D eigenvalue weighted by molar-refractivity contribution is -0.130. The molecule has 2 aromatic heterocycles. The number of para-hydroxylation sites is 1. The third-order valence-electron chi connectivity index (χ3n) is 7.52. The van der Waals surface area contributed by atoms with Crippen molar-refractivity contribution in [2.45, 2.75) is 18.1 Å². The lowest BCUT2D eigenvalue weighted by Crippen LogP contribution is -2.71. The summed E-state index contributed by atoms with van der Waals surface area (Å²) in [7, 11) is 0. The molecule has 2 aliphatic rings. The zero-order chi connectivity index (χ0) is 27.8. The third-order valence-corrected chi connectivity index (χ3v) is 7.52. The normalized spacial score (nSPS) is 20.4. The van der Waals surface area contributed by atoms with E-state index in [0.717, 1.165) is 27.6 Å². The van der Waals surface area contributed by atoms with Crippen LogP contribution < -0.4 is 4.90 Å². The molecule has 3 atom stereocenters. The number of anilines is 1. The second-order valence-corrected chi connectivity index (χ2v) is 9.95. The van der Waals surface area contributed by atoms with E-state index >= 15 is 0 Å². The van der Waals surface area contributed by atoms with Gasteiger partial charge in [0.25, 0.3) is 5.91 Å². The summed E-state index contributed by atoms with van der Waals surface area (Å²) in [4.78, 5) is 44.4. The van der Waals surface area contributed by atoms with Crippen molar-refractivity contribution < 1.29 is 14.3 Å². The predicted octanol–water partition coefficient (Wildman–Crippen LogP) is 5.68. The summed E-state index contributed by atoms with van der Waals surface area (Å²) < 4.78 is 5.49. The minimum atomic E-state index is -0.767. The van der Waals surface area contributed by atoms with E-state index in [-0.39, 0.29) is 18.6 Å². The lowest BCUT2D eigenvalue weighted by atomic mass is 9.90. The van der Waals surface area contributed by atoms with Gasteiger partial charge in [0.05, 0.1) is 17.6 Å². The fourth-order valence-electron chi connectivity index (χ4n) is 5.53. The Morgan fingerprint density at radius 3 is 2.37 bits per heavy atom. The van der Waals surface area contributed by atoms with Crippen molar-refractivity contribution in [3.63, 3.8) is 0 Å². The lowest BCUT2D eigenvalue weighted by Gasteiger charge is -2.49. The molecule has 4 heterocycles. The Labute approximate surface area is 236 Å². The van der Waals surface area contributed by atoms with E-state index in [1.807, 2.05) is 109 Å². The number of cyclic esters (lactones) is 1. The Balaban J connectivity index is 1.35. The molecule has 2 fully saturated rings. The molecule has 0 N–H and O–H groups in total. The van der Waals surface area contributed by atoms with E-state index in [1.54, 1.807) is 22.2 Å². The number of carbonyl (C=O) groups excluding carboxylic acids is 2. The largest absolute Gasteiger partial charge is 0.447 e. The molecule has 5 aromatic rings. The van der Waals surface area contributed by atoms with Crippen LogP contribution in [0.15, 0.2) is 116 Å². The maximum absolute atomic E-state index is 14.2. The van der Waals surface area contributed by atoms with Crippen LogP contribution in [0.4, 0.5) is 10.6 Å². The molecule has 0 bridgehead atoms. The monoisotopic (exact) mass is 539 g/mol. The highest BCUT2D eigenvalue weighted by atomic mass is 16.6. The summed E-state index contributed by atoms with van der Waals surface area (Å²) >= 11 is 0. The van der Waals surface area contributed by atoms with E-state index in [4.69, 9.17) is 14.7 Å². The van der Waals surface area contributed by atoms with Gasteiger partial charge >= 0.3 is 6.09 Å². The van der Waals surface area contributed by atoms with Crippen LogP contribution in [0.2, 0.25) is 0 Å². The van der Waals surface area contributed by atoms with Gasteiger partial charge in [-0.15, -0.1) is 0 Å². The van der Waals surface area contributed by atoms with Gasteiger partial charge in [-0.3, -0.25) is 19.6 Å². The molecule has 2 aliphatic heterocycles. The highest BCUT2D eigenvalue weighted by Gasteiger charge is 2.56. The number of β-lactam (4-membered cyclic amide) rings is 1. The molecule has 0 radical (unpaired) electrons. The number of nitrogens with zero attached hydrogens (tertiary/aromatic N) is 5. The molecular formula is C33H25N5O3. The average Bonchev–Trinajstić information content (AvgIpc) is 3.40. The van der Waals surface area contributed by atoms with E-state index in [0.29, 0.717) is 11.6 Å². The number of ether oxygens (including phenoxy) is 1. The van der Waals surface area contributed by atoms with Crippen molar-refractivity contribution in [1.82, 2.24) is 19.9 Å². The number of rotatable bonds is 6. The maximum atomic E-state index is 14.2. The first-order chi connectivity index (χ1) is 20.2. The summed E-state index contributed by atoms with van der Waals surface area (Å²) in [5.74, 6) is 0.794. The summed E-state index contributed by atoms with van der Waals surface area (Å²) in [6, 6.07) is 29.1. The van der Waals surface area contributed by atoms with Crippen LogP contribution in [0.25, 0.3) is 28.4 Å². The molecule has 1 unspecified atom stereocenters. The molecule has 7 rings (SSSR count). The molecule has 41 heavy (non-hydrogen) atoms. The highest BCUT2D eigenvalue weighted by Crippen LogP contribution is 2.41. The van der Waals surface area contributed by atoms with Gasteiger partial charge in [-0.05, 0) is 29.3 Å². The molecule has 0 aliphatic carbocycles. The first kappa shape index (κ1) is 24.7. The van der Waals surface area contributed by atoms with Crippen molar-refractivity contribution in [3.8, 4) is 11.4 Å². The Kier molecular flexibility index (Phi) is 6.20. The number of hydrogen-bond donors (Lipinski definition) is 0. The number of fused-ring (bicyclic) bond motifs is 1. The number of hydrogen-bond acceptors (Lipinski definition) is 6. The van der Waals surface area contributed by atoms with Crippen molar-refractivity contribution in [1.29, 1.82) is 0 Å². The fourth-order valence-corrected chi connectivity index (χ4v) is 5.53. The minimum Gasteiger partial charge on any atom is -0.447 e. The highest BCUT2D eigenvalue weighted by molar-refractivity contribution is 6.11. The molecule has 3 aromatic carbocycles. The van der Waals surface area contributed by atoms with Crippen LogP contribution in [-0.2, 0) is 9.53 Å². The van der Waals surface area contributed by atoms with Crippen LogP contribution in [0.5, 0.6) is 0 Å². The summed E-state index contributed by atoms with van der Waals surface area (Å²) in [5.41, 5.74) is 3.37. The Hall–Kier alpha value is -5.37. The molecule has 2 amide bonds. The zero-order valence-electron chi connectivity index (χ0n) is 21.9. The van der Waals surface area contributed by atoms with E-state index < -0.39 is 18.2 Å². The van der Waals surface area contributed by atoms with Crippen molar-refractivity contribution in [2.75, 3.05) is 11.5 Å². The Bertz CT molecular complexity index is 1760. The van der Waals surface area contributed by atoms with Crippen LogP contribution in [0.1, 0.15) is 17.2 Å². The Morgan fingerprint density at radius 1 is 0.829 bits per heavy atom. The summed E-state index contributed by atoms with van der Waals surface area (Å²) in [5, 5.41) is 0.752. The predicted molar refractivity (Wildman–Crippen MR) is 156 cm³/mol. The van der Waals surface area contributed by atoms with E-state index in [2.05, 4.69) is 4.98 Å². The number of carbonyl (C=O) groups is 2. The topological polar surface area (TPSA) is 88.5 Å². The number of amides is 2. The molecule has 0 spiro atoms. The summed E-state index contributed by atoms with van der Waals surface area (Å²) in [6.45, 7) is 0.181. The third kappa shape index (κ3) is 4.39. The van der Waals surface area contributed by atoms with Crippen LogP contribution >= 0.6 is 0 Å². The van der Waals surface area contributed by atoms with Crippen molar-refractivity contribution in [3.05, 3.63) is 127 Å². The summed E-state index contributed by atoms with van der Waals surface area (Å²) in [6.07, 6.45) is 6.82. The standard InChI is InChI=1S/C33H25N5O3/c39-32-29(37-28(21-41-33(37)40)23-11-3-1-4-12-23)27(18-17-22-10-9-19-34-20-22)38(32)31-25-15-7-8-16-26(25)35-30(36-31)24-13-5-2-6-14-24/h1-20,27-29H,21H2/t27-,28?,29-/m1/s1. The zero-order valence-corrected chi connectivity index (χ0v) is 21.9. The second kappa shape index (κ2) is 10.3. The number of aromatic nitrogens is 3. The van der Waals surface area contributed by atoms with Gasteiger partial charge in [0, 0.05) is 23.3 Å². The van der Waals surface area contributed by atoms with Gasteiger partial charge in [0.2, 0.25) is 0 Å². The first-order valence-electron chi connectivity index (χ1n) is 13.4. The number of pyridine rings is 1. The van der Waals surface area contributed by atoms with Crippen molar-refractivity contribution in [2.24, 2.45) is 0 Å². The van der Waals surface area contributed by atoms with Crippen LogP contribution in [-0.4, -0.2) is 50.5 Å². The van der Waals surface area contributed by atoms with Crippen LogP contribution in [0.3, 0.4) is 0 Å². The first-order valence-corrected chi connectivity index (χ1v) is 13.4. The van der Waals surface area contributed by atoms with Crippen molar-refractivity contribution >= 4 is 34.8 Å². The van der Waals surface area contributed by atoms with E-state index in [1.165, 1.54) is 0 Å². The molecule has 8 nitrogen and oxygen atoms in total. The fraction of sp³-hybridized carbons (Fsp3) is 0.121. The minimum absolute atomic E-state index is 0.181. The number of benzene rings is 3. The van der Waals surface area contributed by atoms with Gasteiger partial charge in [-0.1, -0.05) is 91.0 Å². The Morgan fingerprint density at radius 2 is 1.59 bits per heavy atom. The van der Waals surface area contributed by atoms with Crippen LogP contribution in [0, 0.1) is 0 Å². The molecule has 2 saturated heterocycles.